The minimum atomic E-state index is 0.263. The molecule has 2 N–H and O–H groups in total. The molecule has 1 saturated carbocycles. The van der Waals surface area contributed by atoms with Gasteiger partial charge in [-0.3, -0.25) is 0 Å². The summed E-state index contributed by atoms with van der Waals surface area (Å²) in [6.45, 7) is 2.12. The molecule has 0 radical (unpaired) electrons. The van der Waals surface area contributed by atoms with Crippen LogP contribution >= 0.6 is 12.6 Å². The number of hydrogen-bond acceptors (Lipinski definition) is 2. The van der Waals surface area contributed by atoms with Gasteiger partial charge in [-0.05, 0) is 12.8 Å². The van der Waals surface area contributed by atoms with Crippen LogP contribution in [0.25, 0.3) is 0 Å². The molecule has 0 unspecified atom stereocenters. The van der Waals surface area contributed by atoms with Gasteiger partial charge < -0.3 is 5.73 Å². The Morgan fingerprint density at radius 2 is 2.14 bits per heavy atom. The highest BCUT2D eigenvalue weighted by molar-refractivity contribution is 7.81. The molecule has 0 saturated heterocycles. The molecule has 0 aromatic heterocycles. The molecule has 7 heavy (non-hydrogen) atoms. The molecule has 0 heterocycles. The molecule has 0 bridgehead atoms. The summed E-state index contributed by atoms with van der Waals surface area (Å²) in [5, 5.41) is 0. The molecule has 0 aromatic rings. The zero-order chi connectivity index (χ0) is 5.49. The second-order valence-electron chi connectivity index (χ2n) is 2.67. The maximum atomic E-state index is 5.51. The van der Waals surface area contributed by atoms with Gasteiger partial charge in [-0.1, -0.05) is 6.92 Å². The van der Waals surface area contributed by atoms with E-state index in [-0.39, 0.29) is 4.75 Å². The third-order valence-corrected chi connectivity index (χ3v) is 1.77. The van der Waals surface area contributed by atoms with Crippen molar-refractivity contribution in [3.63, 3.8) is 0 Å². The molecule has 0 amide bonds. The third-order valence-electron chi connectivity index (χ3n) is 1.40. The SMILES string of the molecule is C[C@]1(S)C[C@H](N)C1. The molecule has 2 heteroatoms. The molecule has 1 aliphatic rings. The van der Waals surface area contributed by atoms with Crippen LogP contribution in [-0.2, 0) is 0 Å². The molecular formula is C5H11NS. The fraction of sp³-hybridized carbons (Fsp3) is 1.00. The maximum absolute atomic E-state index is 5.51. The number of hydrogen-bond donors (Lipinski definition) is 2. The summed E-state index contributed by atoms with van der Waals surface area (Å²) in [7, 11) is 0. The van der Waals surface area contributed by atoms with Crippen LogP contribution in [0.2, 0.25) is 0 Å². The van der Waals surface area contributed by atoms with Crippen molar-refractivity contribution in [1.29, 1.82) is 0 Å². The van der Waals surface area contributed by atoms with Gasteiger partial charge in [-0.25, -0.2) is 0 Å². The number of thiol groups is 1. The molecule has 0 aromatic carbocycles. The van der Waals surface area contributed by atoms with Gasteiger partial charge in [-0.2, -0.15) is 12.6 Å². The van der Waals surface area contributed by atoms with Crippen molar-refractivity contribution >= 4 is 12.6 Å². The first-order chi connectivity index (χ1) is 3.10. The number of rotatable bonds is 0. The van der Waals surface area contributed by atoms with Crippen molar-refractivity contribution in [3.8, 4) is 0 Å². The van der Waals surface area contributed by atoms with Crippen LogP contribution in [0.1, 0.15) is 19.8 Å². The van der Waals surface area contributed by atoms with E-state index in [1.54, 1.807) is 0 Å². The monoisotopic (exact) mass is 117 g/mol. The Labute approximate surface area is 49.7 Å². The van der Waals surface area contributed by atoms with E-state index in [2.05, 4.69) is 19.6 Å². The van der Waals surface area contributed by atoms with E-state index in [1.807, 2.05) is 0 Å². The molecule has 0 atom stereocenters. The lowest BCUT2D eigenvalue weighted by Crippen LogP contribution is -2.45. The van der Waals surface area contributed by atoms with Crippen LogP contribution in [0, 0.1) is 0 Å². The molecule has 0 spiro atoms. The lowest BCUT2D eigenvalue weighted by atomic mass is 9.81. The van der Waals surface area contributed by atoms with Crippen LogP contribution in [0.4, 0.5) is 0 Å². The second-order valence-corrected chi connectivity index (χ2v) is 3.74. The normalized spacial score (nSPS) is 51.0. The van der Waals surface area contributed by atoms with Gasteiger partial charge in [0, 0.05) is 10.8 Å². The lowest BCUT2D eigenvalue weighted by molar-refractivity contribution is 0.332. The van der Waals surface area contributed by atoms with Crippen LogP contribution in [0.5, 0.6) is 0 Å². The Balaban J connectivity index is 2.29. The molecule has 1 rings (SSSR count). The summed E-state index contributed by atoms with van der Waals surface area (Å²) in [6, 6.07) is 0.433. The Kier molecular flexibility index (Phi) is 1.08. The zero-order valence-corrected chi connectivity index (χ0v) is 5.41. The van der Waals surface area contributed by atoms with Gasteiger partial charge in [0.05, 0.1) is 0 Å². The first kappa shape index (κ1) is 5.45. The van der Waals surface area contributed by atoms with Crippen molar-refractivity contribution in [2.45, 2.75) is 30.6 Å². The maximum Gasteiger partial charge on any atom is 0.0131 e. The summed E-state index contributed by atoms with van der Waals surface area (Å²) in [5.41, 5.74) is 5.51. The second kappa shape index (κ2) is 1.39. The Bertz CT molecular complexity index is 72.1. The summed E-state index contributed by atoms with van der Waals surface area (Å²) >= 11 is 4.32. The Morgan fingerprint density at radius 1 is 1.71 bits per heavy atom. The predicted molar refractivity (Wildman–Crippen MR) is 34.6 cm³/mol. The molecule has 0 aliphatic heterocycles. The van der Waals surface area contributed by atoms with Gasteiger partial charge in [0.1, 0.15) is 0 Å². The van der Waals surface area contributed by atoms with E-state index in [9.17, 15) is 0 Å². The van der Waals surface area contributed by atoms with Crippen molar-refractivity contribution < 1.29 is 0 Å². The fourth-order valence-corrected chi connectivity index (χ4v) is 1.54. The summed E-state index contributed by atoms with van der Waals surface area (Å²) in [4.78, 5) is 0. The van der Waals surface area contributed by atoms with Gasteiger partial charge in [-0.15, -0.1) is 0 Å². The van der Waals surface area contributed by atoms with E-state index in [1.165, 1.54) is 0 Å². The van der Waals surface area contributed by atoms with Crippen molar-refractivity contribution in [2.75, 3.05) is 0 Å². The largest absolute Gasteiger partial charge is 0.328 e. The zero-order valence-electron chi connectivity index (χ0n) is 4.52. The topological polar surface area (TPSA) is 26.0 Å². The third kappa shape index (κ3) is 1.10. The van der Waals surface area contributed by atoms with Crippen LogP contribution in [0.3, 0.4) is 0 Å². The van der Waals surface area contributed by atoms with E-state index < -0.39 is 0 Å². The highest BCUT2D eigenvalue weighted by Crippen LogP contribution is 2.35. The first-order valence-electron chi connectivity index (χ1n) is 2.58. The lowest BCUT2D eigenvalue weighted by Gasteiger charge is -2.39. The molecule has 42 valence electrons. The predicted octanol–water partition coefficient (Wildman–Crippen LogP) is 0.796. The minimum Gasteiger partial charge on any atom is -0.328 e. The van der Waals surface area contributed by atoms with E-state index >= 15 is 0 Å². The van der Waals surface area contributed by atoms with E-state index in [4.69, 9.17) is 5.73 Å². The average molecular weight is 117 g/mol. The van der Waals surface area contributed by atoms with Crippen molar-refractivity contribution in [1.82, 2.24) is 0 Å². The van der Waals surface area contributed by atoms with Crippen molar-refractivity contribution in [2.24, 2.45) is 5.73 Å². The highest BCUT2D eigenvalue weighted by Gasteiger charge is 2.34. The van der Waals surface area contributed by atoms with Crippen LogP contribution in [-0.4, -0.2) is 10.8 Å². The van der Waals surface area contributed by atoms with E-state index in [0.717, 1.165) is 12.8 Å². The smallest absolute Gasteiger partial charge is 0.0131 e. The van der Waals surface area contributed by atoms with Gasteiger partial charge in [0.15, 0.2) is 0 Å². The van der Waals surface area contributed by atoms with Crippen LogP contribution < -0.4 is 5.73 Å². The van der Waals surface area contributed by atoms with Crippen LogP contribution in [0.15, 0.2) is 0 Å². The Hall–Kier alpha value is 0.310. The summed E-state index contributed by atoms with van der Waals surface area (Å²) in [6.07, 6.45) is 2.16. The highest BCUT2D eigenvalue weighted by atomic mass is 32.1. The average Bonchev–Trinajstić information content (AvgIpc) is 1.27. The van der Waals surface area contributed by atoms with Crippen molar-refractivity contribution in [3.05, 3.63) is 0 Å². The first-order valence-corrected chi connectivity index (χ1v) is 3.03. The molecule has 1 nitrogen and oxygen atoms in total. The fourth-order valence-electron chi connectivity index (χ4n) is 1.07. The molecule has 1 aliphatic carbocycles. The summed E-state index contributed by atoms with van der Waals surface area (Å²) in [5.74, 6) is 0. The molecule has 1 fully saturated rings. The molecular weight excluding hydrogens is 106 g/mol. The van der Waals surface area contributed by atoms with Gasteiger partial charge >= 0.3 is 0 Å². The quantitative estimate of drug-likeness (QED) is 0.451. The minimum absolute atomic E-state index is 0.263. The van der Waals surface area contributed by atoms with Gasteiger partial charge in [0.2, 0.25) is 0 Å². The van der Waals surface area contributed by atoms with Gasteiger partial charge in [0.25, 0.3) is 0 Å². The standard InChI is InChI=1S/C5H11NS/c1-5(7)2-4(6)3-5/h4,7H,2-3,6H2,1H3/t4-,5-. The Morgan fingerprint density at radius 3 is 2.14 bits per heavy atom. The summed E-state index contributed by atoms with van der Waals surface area (Å²) < 4.78 is 0.263. The van der Waals surface area contributed by atoms with E-state index in [0.29, 0.717) is 6.04 Å². The number of nitrogens with two attached hydrogens (primary N) is 1.